The van der Waals surface area contributed by atoms with E-state index in [2.05, 4.69) is 10.3 Å². The average Bonchev–Trinajstić information content (AvgIpc) is 2.74. The molecule has 8 heteroatoms. The number of halogens is 4. The van der Waals surface area contributed by atoms with Crippen LogP contribution in [-0.2, 0) is 12.6 Å². The van der Waals surface area contributed by atoms with Gasteiger partial charge in [-0.3, -0.25) is 4.98 Å². The fourth-order valence-electron chi connectivity index (χ4n) is 3.82. The zero-order valence-corrected chi connectivity index (χ0v) is 16.6. The van der Waals surface area contributed by atoms with Crippen molar-refractivity contribution < 1.29 is 22.4 Å². The van der Waals surface area contributed by atoms with E-state index in [1.807, 2.05) is 13.0 Å². The first-order chi connectivity index (χ1) is 14.7. The highest BCUT2D eigenvalue weighted by Crippen LogP contribution is 2.37. The zero-order chi connectivity index (χ0) is 22.2. The number of nitrogens with zero attached hydrogens (tertiary/aromatic N) is 2. The first-order valence-electron chi connectivity index (χ1n) is 9.69. The lowest BCUT2D eigenvalue weighted by Gasteiger charge is -2.37. The van der Waals surface area contributed by atoms with Gasteiger partial charge in [0.2, 0.25) is 0 Å². The maximum Gasteiger partial charge on any atom is 0.416 e. The van der Waals surface area contributed by atoms with Crippen molar-refractivity contribution in [2.75, 3.05) is 11.9 Å². The molecule has 0 saturated carbocycles. The van der Waals surface area contributed by atoms with E-state index in [4.69, 9.17) is 0 Å². The molecule has 1 atom stereocenters. The van der Waals surface area contributed by atoms with Gasteiger partial charge in [0.05, 0.1) is 11.3 Å². The number of urea groups is 1. The second kappa shape index (κ2) is 8.02. The van der Waals surface area contributed by atoms with Crippen LogP contribution in [0.4, 0.5) is 28.0 Å². The number of aromatic nitrogens is 1. The lowest BCUT2D eigenvalue weighted by molar-refractivity contribution is -0.137. The van der Waals surface area contributed by atoms with Crippen LogP contribution in [0.2, 0.25) is 0 Å². The summed E-state index contributed by atoms with van der Waals surface area (Å²) < 4.78 is 52.2. The van der Waals surface area contributed by atoms with Gasteiger partial charge in [-0.2, -0.15) is 13.2 Å². The van der Waals surface area contributed by atoms with E-state index in [0.717, 1.165) is 23.3 Å². The molecule has 0 saturated heterocycles. The molecule has 2 heterocycles. The number of rotatable bonds is 2. The summed E-state index contributed by atoms with van der Waals surface area (Å²) in [4.78, 5) is 19.1. The smallest absolute Gasteiger partial charge is 0.311 e. The van der Waals surface area contributed by atoms with E-state index in [-0.39, 0.29) is 0 Å². The molecule has 4 nitrogen and oxygen atoms in total. The first-order valence-corrected chi connectivity index (χ1v) is 9.69. The van der Waals surface area contributed by atoms with Crippen molar-refractivity contribution in [2.45, 2.75) is 25.6 Å². The molecule has 0 fully saturated rings. The number of pyridine rings is 1. The SMILES string of the molecule is Cc1ccnc2c1CCN(C(=O)Nc1ccc(F)cc1)C2c1ccc(C(F)(F)F)cc1. The van der Waals surface area contributed by atoms with E-state index in [0.29, 0.717) is 29.9 Å². The number of benzene rings is 2. The van der Waals surface area contributed by atoms with Crippen molar-refractivity contribution in [2.24, 2.45) is 0 Å². The Morgan fingerprint density at radius 3 is 2.39 bits per heavy atom. The number of carbonyl (C=O) groups excluding carboxylic acids is 1. The van der Waals surface area contributed by atoms with Crippen LogP contribution in [0.1, 0.15) is 34.0 Å². The number of aryl methyl sites for hydroxylation is 1. The van der Waals surface area contributed by atoms with E-state index < -0.39 is 29.6 Å². The highest BCUT2D eigenvalue weighted by Gasteiger charge is 2.35. The van der Waals surface area contributed by atoms with Gasteiger partial charge < -0.3 is 10.2 Å². The highest BCUT2D eigenvalue weighted by atomic mass is 19.4. The Labute approximate surface area is 176 Å². The van der Waals surface area contributed by atoms with Crippen molar-refractivity contribution in [3.63, 3.8) is 0 Å². The number of alkyl halides is 3. The van der Waals surface area contributed by atoms with Crippen LogP contribution in [0.5, 0.6) is 0 Å². The number of fused-ring (bicyclic) bond motifs is 1. The molecule has 2 amide bonds. The second-order valence-corrected chi connectivity index (χ2v) is 7.39. The summed E-state index contributed by atoms with van der Waals surface area (Å²) in [6.45, 7) is 2.30. The van der Waals surface area contributed by atoms with E-state index in [1.54, 1.807) is 11.1 Å². The van der Waals surface area contributed by atoms with Gasteiger partial charge in [0.1, 0.15) is 11.9 Å². The Hall–Kier alpha value is -3.42. The van der Waals surface area contributed by atoms with E-state index in [1.165, 1.54) is 36.4 Å². The Kier molecular flexibility index (Phi) is 5.39. The molecular formula is C23H19F4N3O. The van der Waals surface area contributed by atoms with Gasteiger partial charge in [0.25, 0.3) is 0 Å². The lowest BCUT2D eigenvalue weighted by Crippen LogP contribution is -2.43. The summed E-state index contributed by atoms with van der Waals surface area (Å²) in [5, 5.41) is 2.73. The monoisotopic (exact) mass is 429 g/mol. The molecule has 1 unspecified atom stereocenters. The van der Waals surface area contributed by atoms with E-state index >= 15 is 0 Å². The maximum absolute atomic E-state index is 13.2. The third-order valence-electron chi connectivity index (χ3n) is 5.41. The fourth-order valence-corrected chi connectivity index (χ4v) is 3.82. The summed E-state index contributed by atoms with van der Waals surface area (Å²) in [6.07, 6.45) is -2.24. The number of amides is 2. The lowest BCUT2D eigenvalue weighted by atomic mass is 9.90. The minimum Gasteiger partial charge on any atom is -0.311 e. The van der Waals surface area contributed by atoms with Crippen molar-refractivity contribution >= 4 is 11.7 Å². The molecule has 160 valence electrons. The molecule has 4 rings (SSSR count). The van der Waals surface area contributed by atoms with Crippen LogP contribution in [-0.4, -0.2) is 22.5 Å². The standard InChI is InChI=1S/C23H19F4N3O/c1-14-10-12-28-20-19(14)11-13-30(22(31)29-18-8-6-17(24)7-9-18)21(20)15-2-4-16(5-3-15)23(25,26)27/h2-10,12,21H,11,13H2,1H3,(H,29,31). The van der Waals surface area contributed by atoms with Gasteiger partial charge in [0, 0.05) is 18.4 Å². The van der Waals surface area contributed by atoms with Gasteiger partial charge in [-0.25, -0.2) is 9.18 Å². The molecule has 1 aliphatic heterocycles. The minimum absolute atomic E-state index is 0.359. The van der Waals surface area contributed by atoms with Gasteiger partial charge >= 0.3 is 12.2 Å². The molecule has 1 aromatic heterocycles. The third kappa shape index (κ3) is 4.23. The fraction of sp³-hybridized carbons (Fsp3) is 0.217. The minimum atomic E-state index is -4.45. The van der Waals surface area contributed by atoms with Crippen LogP contribution < -0.4 is 5.32 Å². The molecular weight excluding hydrogens is 410 g/mol. The van der Waals surface area contributed by atoms with Gasteiger partial charge in [0.15, 0.2) is 0 Å². The van der Waals surface area contributed by atoms with Crippen molar-refractivity contribution in [1.29, 1.82) is 0 Å². The van der Waals surface area contributed by atoms with E-state index in [9.17, 15) is 22.4 Å². The number of hydrogen-bond acceptors (Lipinski definition) is 2. The van der Waals surface area contributed by atoms with Crippen LogP contribution in [0, 0.1) is 12.7 Å². The number of carbonyl (C=O) groups is 1. The average molecular weight is 429 g/mol. The molecule has 0 aliphatic carbocycles. The maximum atomic E-state index is 13.2. The Morgan fingerprint density at radius 1 is 1.06 bits per heavy atom. The summed E-state index contributed by atoms with van der Waals surface area (Å²) in [5.74, 6) is -0.424. The third-order valence-corrected chi connectivity index (χ3v) is 5.41. The largest absolute Gasteiger partial charge is 0.416 e. The molecule has 31 heavy (non-hydrogen) atoms. The number of hydrogen-bond donors (Lipinski definition) is 1. The summed E-state index contributed by atoms with van der Waals surface area (Å²) in [5.41, 5.74) is 2.83. The van der Waals surface area contributed by atoms with Crippen molar-refractivity contribution in [1.82, 2.24) is 9.88 Å². The van der Waals surface area contributed by atoms with Crippen LogP contribution in [0.3, 0.4) is 0 Å². The van der Waals surface area contributed by atoms with Crippen molar-refractivity contribution in [3.05, 3.63) is 94.6 Å². The van der Waals surface area contributed by atoms with Gasteiger partial charge in [-0.05, 0) is 72.5 Å². The molecule has 1 N–H and O–H groups in total. The molecule has 0 radical (unpaired) electrons. The predicted octanol–water partition coefficient (Wildman–Crippen LogP) is 5.73. The van der Waals surface area contributed by atoms with Gasteiger partial charge in [-0.1, -0.05) is 12.1 Å². The number of anilines is 1. The topological polar surface area (TPSA) is 45.2 Å². The molecule has 0 spiro atoms. The molecule has 1 aliphatic rings. The Balaban J connectivity index is 1.72. The summed E-state index contributed by atoms with van der Waals surface area (Å²) >= 11 is 0. The van der Waals surface area contributed by atoms with Gasteiger partial charge in [-0.15, -0.1) is 0 Å². The predicted molar refractivity (Wildman–Crippen MR) is 108 cm³/mol. The first kappa shape index (κ1) is 20.8. The Morgan fingerprint density at radius 2 is 1.74 bits per heavy atom. The second-order valence-electron chi connectivity index (χ2n) is 7.39. The van der Waals surface area contributed by atoms with Crippen molar-refractivity contribution in [3.8, 4) is 0 Å². The molecule has 2 aromatic carbocycles. The number of nitrogens with one attached hydrogen (secondary N) is 1. The molecule has 3 aromatic rings. The zero-order valence-electron chi connectivity index (χ0n) is 16.6. The molecule has 0 bridgehead atoms. The quantitative estimate of drug-likeness (QED) is 0.529. The van der Waals surface area contributed by atoms with Crippen LogP contribution in [0.25, 0.3) is 0 Å². The summed E-state index contributed by atoms with van der Waals surface area (Å²) in [6, 6.07) is 10.9. The highest BCUT2D eigenvalue weighted by molar-refractivity contribution is 5.90. The summed E-state index contributed by atoms with van der Waals surface area (Å²) in [7, 11) is 0. The van der Waals surface area contributed by atoms with Crippen LogP contribution in [0.15, 0.2) is 60.8 Å². The van der Waals surface area contributed by atoms with Crippen LogP contribution >= 0.6 is 0 Å². The normalized spacial score (nSPS) is 16.0. The Bertz CT molecular complexity index is 1100.